The molecule has 1 aliphatic carbocycles. The predicted molar refractivity (Wildman–Crippen MR) is 107 cm³/mol. The standard InChI is InChI=1S/C22H30N2O5/c1-21(2,3)29-20(26)24-15-7-5-14(6-8-15)22(4)27-17-11-13-9-10-23-19(25)16(13)12-18(17)28-22/h11-12,14-15H,5-10H2,1-4H3,(H,23,25)(H,24,26)/t14-,15-,22?. The minimum atomic E-state index is -0.750. The summed E-state index contributed by atoms with van der Waals surface area (Å²) in [6.07, 6.45) is 3.89. The summed E-state index contributed by atoms with van der Waals surface area (Å²) in [5, 5.41) is 5.84. The van der Waals surface area contributed by atoms with Crippen LogP contribution in [0, 0.1) is 5.92 Å². The van der Waals surface area contributed by atoms with Gasteiger partial charge in [0.2, 0.25) is 0 Å². The molecule has 4 rings (SSSR count). The zero-order chi connectivity index (χ0) is 20.8. The molecule has 0 saturated heterocycles. The first-order valence-electron chi connectivity index (χ1n) is 10.5. The van der Waals surface area contributed by atoms with Gasteiger partial charge in [0.15, 0.2) is 11.5 Å². The number of fused-ring (bicyclic) bond motifs is 2. The summed E-state index contributed by atoms with van der Waals surface area (Å²) in [6.45, 7) is 8.20. The fourth-order valence-electron chi connectivity index (χ4n) is 4.45. The van der Waals surface area contributed by atoms with Crippen LogP contribution in [0.1, 0.15) is 69.3 Å². The van der Waals surface area contributed by atoms with Crippen LogP contribution in [0.5, 0.6) is 11.5 Å². The topological polar surface area (TPSA) is 85.9 Å². The van der Waals surface area contributed by atoms with Gasteiger partial charge in [0, 0.05) is 31.0 Å². The van der Waals surface area contributed by atoms with Crippen LogP contribution in [-0.4, -0.2) is 36.0 Å². The van der Waals surface area contributed by atoms with Gasteiger partial charge in [-0.05, 0) is 70.6 Å². The summed E-state index contributed by atoms with van der Waals surface area (Å²) in [6, 6.07) is 3.86. The predicted octanol–water partition coefficient (Wildman–Crippen LogP) is 3.54. The Hall–Kier alpha value is -2.44. The van der Waals surface area contributed by atoms with Gasteiger partial charge in [-0.15, -0.1) is 0 Å². The van der Waals surface area contributed by atoms with Gasteiger partial charge >= 0.3 is 6.09 Å². The fourth-order valence-corrected chi connectivity index (χ4v) is 4.45. The van der Waals surface area contributed by atoms with E-state index >= 15 is 0 Å². The van der Waals surface area contributed by atoms with Crippen molar-refractivity contribution in [1.29, 1.82) is 0 Å². The first-order valence-corrected chi connectivity index (χ1v) is 10.5. The second-order valence-corrected chi connectivity index (χ2v) is 9.38. The maximum absolute atomic E-state index is 12.1. The number of carbonyl (C=O) groups is 2. The van der Waals surface area contributed by atoms with E-state index in [1.807, 2.05) is 33.8 Å². The molecule has 1 atom stereocenters. The number of rotatable bonds is 2. The van der Waals surface area contributed by atoms with Gasteiger partial charge in [-0.1, -0.05) is 0 Å². The first kappa shape index (κ1) is 19.9. The third-order valence-corrected chi connectivity index (χ3v) is 5.91. The lowest BCUT2D eigenvalue weighted by Crippen LogP contribution is -2.48. The molecule has 0 radical (unpaired) electrons. The Balaban J connectivity index is 1.37. The minimum Gasteiger partial charge on any atom is -0.448 e. The monoisotopic (exact) mass is 402 g/mol. The van der Waals surface area contributed by atoms with Crippen molar-refractivity contribution in [2.45, 2.75) is 77.2 Å². The van der Waals surface area contributed by atoms with E-state index < -0.39 is 11.4 Å². The van der Waals surface area contributed by atoms with Crippen LogP contribution in [0.3, 0.4) is 0 Å². The van der Waals surface area contributed by atoms with Gasteiger partial charge in [0.1, 0.15) is 5.60 Å². The first-order chi connectivity index (χ1) is 13.6. The van der Waals surface area contributed by atoms with Gasteiger partial charge in [-0.2, -0.15) is 0 Å². The summed E-state index contributed by atoms with van der Waals surface area (Å²) in [7, 11) is 0. The van der Waals surface area contributed by atoms with Crippen LogP contribution in [0.25, 0.3) is 0 Å². The van der Waals surface area contributed by atoms with Crippen molar-refractivity contribution >= 4 is 12.0 Å². The third kappa shape index (κ3) is 4.14. The SMILES string of the molecule is CC(C)(C)OC(=O)N[C@H]1CC[C@H](C2(C)Oc3cc4c(cc3O2)C(=O)NCC4)CC1. The number of alkyl carbamates (subject to hydrolysis) is 1. The Morgan fingerprint density at radius 3 is 2.48 bits per heavy atom. The van der Waals surface area contributed by atoms with E-state index in [9.17, 15) is 9.59 Å². The van der Waals surface area contributed by atoms with E-state index in [0.717, 1.165) is 43.4 Å². The van der Waals surface area contributed by atoms with E-state index in [2.05, 4.69) is 10.6 Å². The highest BCUT2D eigenvalue weighted by atomic mass is 16.7. The van der Waals surface area contributed by atoms with Gasteiger partial charge in [-0.25, -0.2) is 4.79 Å². The number of ether oxygens (including phenoxy) is 3. The Bertz CT molecular complexity index is 823. The molecule has 0 spiro atoms. The van der Waals surface area contributed by atoms with Gasteiger partial charge in [-0.3, -0.25) is 4.79 Å². The second-order valence-electron chi connectivity index (χ2n) is 9.38. The van der Waals surface area contributed by atoms with Crippen molar-refractivity contribution in [1.82, 2.24) is 10.6 Å². The molecule has 1 fully saturated rings. The van der Waals surface area contributed by atoms with Crippen LogP contribution in [-0.2, 0) is 11.2 Å². The lowest BCUT2D eigenvalue weighted by molar-refractivity contribution is -0.121. The summed E-state index contributed by atoms with van der Waals surface area (Å²) < 4.78 is 17.8. The van der Waals surface area contributed by atoms with E-state index in [4.69, 9.17) is 14.2 Å². The lowest BCUT2D eigenvalue weighted by Gasteiger charge is -2.37. The highest BCUT2D eigenvalue weighted by Crippen LogP contribution is 2.47. The van der Waals surface area contributed by atoms with Crippen LogP contribution in [0.2, 0.25) is 0 Å². The molecule has 1 aromatic carbocycles. The van der Waals surface area contributed by atoms with Gasteiger partial charge < -0.3 is 24.8 Å². The molecule has 2 amide bonds. The van der Waals surface area contributed by atoms with Crippen molar-refractivity contribution < 1.29 is 23.8 Å². The highest BCUT2D eigenvalue weighted by Gasteiger charge is 2.46. The molecule has 1 saturated carbocycles. The lowest BCUT2D eigenvalue weighted by atomic mass is 9.81. The zero-order valence-corrected chi connectivity index (χ0v) is 17.6. The normalized spacial score (nSPS) is 28.3. The minimum absolute atomic E-state index is 0.0556. The highest BCUT2D eigenvalue weighted by molar-refractivity contribution is 5.97. The van der Waals surface area contributed by atoms with Crippen LogP contribution in [0.4, 0.5) is 4.79 Å². The number of amides is 2. The van der Waals surface area contributed by atoms with Crippen molar-refractivity contribution in [3.8, 4) is 11.5 Å². The van der Waals surface area contributed by atoms with E-state index in [-0.39, 0.29) is 24.0 Å². The molecule has 158 valence electrons. The summed E-state index contributed by atoms with van der Waals surface area (Å²) in [5.74, 6) is 0.754. The number of carbonyl (C=O) groups excluding carboxylic acids is 2. The number of hydrogen-bond donors (Lipinski definition) is 2. The van der Waals surface area contributed by atoms with E-state index in [0.29, 0.717) is 17.9 Å². The number of hydrogen-bond acceptors (Lipinski definition) is 5. The summed E-state index contributed by atoms with van der Waals surface area (Å²) >= 11 is 0. The molecule has 0 bridgehead atoms. The number of benzene rings is 1. The molecule has 2 heterocycles. The summed E-state index contributed by atoms with van der Waals surface area (Å²) in [4.78, 5) is 24.1. The van der Waals surface area contributed by atoms with Crippen molar-refractivity contribution in [2.75, 3.05) is 6.54 Å². The zero-order valence-electron chi connectivity index (χ0n) is 17.6. The van der Waals surface area contributed by atoms with E-state index in [1.165, 1.54) is 0 Å². The Labute approximate surface area is 171 Å². The van der Waals surface area contributed by atoms with E-state index in [1.54, 1.807) is 6.07 Å². The molecular weight excluding hydrogens is 372 g/mol. The molecule has 2 N–H and O–H groups in total. The number of nitrogens with one attached hydrogen (secondary N) is 2. The Morgan fingerprint density at radius 1 is 1.17 bits per heavy atom. The average Bonchev–Trinajstić information content (AvgIpc) is 2.95. The van der Waals surface area contributed by atoms with Crippen LogP contribution in [0.15, 0.2) is 12.1 Å². The van der Waals surface area contributed by atoms with Gasteiger partial charge in [0.05, 0.1) is 0 Å². The molecule has 0 aromatic heterocycles. The molecule has 7 heteroatoms. The molecule has 1 unspecified atom stereocenters. The van der Waals surface area contributed by atoms with Gasteiger partial charge in [0.25, 0.3) is 11.7 Å². The van der Waals surface area contributed by atoms with Crippen LogP contribution >= 0.6 is 0 Å². The van der Waals surface area contributed by atoms with Crippen molar-refractivity contribution in [3.63, 3.8) is 0 Å². The molecule has 1 aromatic rings. The molecule has 2 aliphatic heterocycles. The quantitative estimate of drug-likeness (QED) is 0.790. The Kier molecular flexibility index (Phi) is 4.87. The summed E-state index contributed by atoms with van der Waals surface area (Å²) in [5.41, 5.74) is 1.18. The maximum atomic E-state index is 12.1. The molecular formula is C22H30N2O5. The fraction of sp³-hybridized carbons (Fsp3) is 0.636. The average molecular weight is 402 g/mol. The molecule has 3 aliphatic rings. The van der Waals surface area contributed by atoms with Crippen LogP contribution < -0.4 is 20.1 Å². The largest absolute Gasteiger partial charge is 0.448 e. The molecule has 29 heavy (non-hydrogen) atoms. The molecule has 7 nitrogen and oxygen atoms in total. The van der Waals surface area contributed by atoms with Crippen molar-refractivity contribution in [2.24, 2.45) is 5.92 Å². The third-order valence-electron chi connectivity index (χ3n) is 5.91. The smallest absolute Gasteiger partial charge is 0.407 e. The van der Waals surface area contributed by atoms with Crippen molar-refractivity contribution in [3.05, 3.63) is 23.3 Å². The Morgan fingerprint density at radius 2 is 1.83 bits per heavy atom. The maximum Gasteiger partial charge on any atom is 0.407 e. The second kappa shape index (κ2) is 7.11.